The third-order valence-corrected chi connectivity index (χ3v) is 8.03. The summed E-state index contributed by atoms with van der Waals surface area (Å²) < 4.78 is 2.33. The van der Waals surface area contributed by atoms with Crippen LogP contribution < -0.4 is 5.46 Å². The predicted molar refractivity (Wildman–Crippen MR) is 154 cm³/mol. The highest BCUT2D eigenvalue weighted by atomic mass is 16.4. The van der Waals surface area contributed by atoms with Gasteiger partial charge in [-0.05, 0) is 75.2 Å². The fourth-order valence-electron chi connectivity index (χ4n) is 6.22. The van der Waals surface area contributed by atoms with Crippen molar-refractivity contribution in [2.75, 3.05) is 0 Å². The largest absolute Gasteiger partial charge is 0.489 e. The normalized spacial score (nSPS) is 13.6. The molecule has 6 aromatic rings. The summed E-state index contributed by atoms with van der Waals surface area (Å²) in [5.74, 6) is 0. The van der Waals surface area contributed by atoms with Gasteiger partial charge in [-0.25, -0.2) is 0 Å². The zero-order valence-corrected chi connectivity index (χ0v) is 20.8. The number of benzene rings is 5. The lowest BCUT2D eigenvalue weighted by Gasteiger charge is -2.22. The fraction of sp³-hybridized carbons (Fsp3) is 0.0909. The van der Waals surface area contributed by atoms with E-state index in [9.17, 15) is 10.0 Å². The van der Waals surface area contributed by atoms with Crippen molar-refractivity contribution in [3.8, 4) is 27.9 Å². The van der Waals surface area contributed by atoms with E-state index in [-0.39, 0.29) is 5.41 Å². The van der Waals surface area contributed by atoms with Crippen LogP contribution in [-0.4, -0.2) is 21.7 Å². The van der Waals surface area contributed by atoms with Crippen LogP contribution in [0.2, 0.25) is 0 Å². The summed E-state index contributed by atoms with van der Waals surface area (Å²) in [4.78, 5) is 0. The third-order valence-electron chi connectivity index (χ3n) is 8.03. The molecule has 2 N–H and O–H groups in total. The molecule has 37 heavy (non-hydrogen) atoms. The Hall–Kier alpha value is -4.12. The van der Waals surface area contributed by atoms with Gasteiger partial charge >= 0.3 is 7.12 Å². The van der Waals surface area contributed by atoms with Gasteiger partial charge in [-0.2, -0.15) is 0 Å². The van der Waals surface area contributed by atoms with Gasteiger partial charge in [0.25, 0.3) is 0 Å². The number of nitrogens with zero attached hydrogens (tertiary/aromatic N) is 1. The molecule has 0 saturated heterocycles. The zero-order valence-electron chi connectivity index (χ0n) is 20.8. The number of rotatable bonds is 3. The van der Waals surface area contributed by atoms with E-state index in [4.69, 9.17) is 0 Å². The second kappa shape index (κ2) is 7.94. The molecule has 0 spiro atoms. The van der Waals surface area contributed by atoms with Crippen LogP contribution in [-0.2, 0) is 5.41 Å². The molecule has 0 amide bonds. The van der Waals surface area contributed by atoms with E-state index >= 15 is 0 Å². The average Bonchev–Trinajstić information content (AvgIpc) is 3.37. The topological polar surface area (TPSA) is 45.4 Å². The smallest absolute Gasteiger partial charge is 0.423 e. The minimum atomic E-state index is -1.50. The molecule has 3 nitrogen and oxygen atoms in total. The maximum absolute atomic E-state index is 10.0. The molecule has 0 bridgehead atoms. The molecule has 0 saturated carbocycles. The zero-order chi connectivity index (χ0) is 25.3. The second-order valence-electron chi connectivity index (χ2n) is 10.4. The Bertz CT molecular complexity index is 1830. The number of para-hydroxylation sites is 2. The summed E-state index contributed by atoms with van der Waals surface area (Å²) in [6, 6.07) is 38.2. The van der Waals surface area contributed by atoms with Crippen molar-refractivity contribution in [3.05, 3.63) is 120 Å². The molecule has 7 rings (SSSR count). The molecule has 0 unspecified atom stereocenters. The molecule has 1 aliphatic carbocycles. The van der Waals surface area contributed by atoms with E-state index in [0.29, 0.717) is 5.46 Å². The van der Waals surface area contributed by atoms with Gasteiger partial charge in [-0.3, -0.25) is 0 Å². The van der Waals surface area contributed by atoms with E-state index in [1.165, 1.54) is 32.9 Å². The number of hydrogen-bond acceptors (Lipinski definition) is 2. The van der Waals surface area contributed by atoms with Gasteiger partial charge in [0.2, 0.25) is 0 Å². The lowest BCUT2D eigenvalue weighted by molar-refractivity contribution is 0.426. The van der Waals surface area contributed by atoms with Crippen molar-refractivity contribution in [1.29, 1.82) is 0 Å². The SMILES string of the molecule is CC1(C)c2cc(-c3ccc4c(c3)c3ccccc3n4-c3ccccc3)ccc2-c2c(B(O)O)cccc21. The Morgan fingerprint density at radius 1 is 0.622 bits per heavy atom. The lowest BCUT2D eigenvalue weighted by Crippen LogP contribution is -2.32. The first-order valence-corrected chi connectivity index (χ1v) is 12.7. The van der Waals surface area contributed by atoms with Crippen LogP contribution >= 0.6 is 0 Å². The fourth-order valence-corrected chi connectivity index (χ4v) is 6.22. The molecule has 0 aliphatic heterocycles. The van der Waals surface area contributed by atoms with Gasteiger partial charge in [0.1, 0.15) is 0 Å². The molecular weight excluding hydrogens is 453 g/mol. The van der Waals surface area contributed by atoms with Crippen LogP contribution in [0, 0.1) is 0 Å². The summed E-state index contributed by atoms with van der Waals surface area (Å²) in [6.45, 7) is 4.43. The van der Waals surface area contributed by atoms with Crippen LogP contribution in [0.1, 0.15) is 25.0 Å². The van der Waals surface area contributed by atoms with Crippen LogP contribution in [0.3, 0.4) is 0 Å². The summed E-state index contributed by atoms with van der Waals surface area (Å²) in [5, 5.41) is 22.5. The van der Waals surface area contributed by atoms with Crippen LogP contribution in [0.5, 0.6) is 0 Å². The summed E-state index contributed by atoms with van der Waals surface area (Å²) in [5.41, 5.74) is 10.6. The van der Waals surface area contributed by atoms with E-state index in [0.717, 1.165) is 27.9 Å². The van der Waals surface area contributed by atoms with Crippen LogP contribution in [0.4, 0.5) is 0 Å². The first-order valence-electron chi connectivity index (χ1n) is 12.7. The Morgan fingerprint density at radius 2 is 1.32 bits per heavy atom. The number of hydrogen-bond donors (Lipinski definition) is 2. The highest BCUT2D eigenvalue weighted by Gasteiger charge is 2.38. The Balaban J connectivity index is 1.42. The van der Waals surface area contributed by atoms with Crippen molar-refractivity contribution < 1.29 is 10.0 Å². The minimum Gasteiger partial charge on any atom is -0.423 e. The summed E-state index contributed by atoms with van der Waals surface area (Å²) in [6.07, 6.45) is 0. The summed E-state index contributed by atoms with van der Waals surface area (Å²) in [7, 11) is -1.50. The monoisotopic (exact) mass is 479 g/mol. The molecule has 178 valence electrons. The standard InChI is InChI=1S/C33H26BNO2/c1-33(2)27-12-8-13-29(34(36)37)32(27)25-17-15-22(20-28(25)33)21-16-18-31-26(19-21)24-11-6-7-14-30(24)35(31)23-9-4-3-5-10-23/h3-20,36-37H,1-2H3. The molecule has 1 aliphatic rings. The Kier molecular flexibility index (Phi) is 4.75. The van der Waals surface area contributed by atoms with Gasteiger partial charge in [0.05, 0.1) is 11.0 Å². The summed E-state index contributed by atoms with van der Waals surface area (Å²) >= 11 is 0. The molecule has 5 aromatic carbocycles. The molecule has 1 aromatic heterocycles. The minimum absolute atomic E-state index is 0.237. The van der Waals surface area contributed by atoms with Crippen LogP contribution in [0.15, 0.2) is 109 Å². The van der Waals surface area contributed by atoms with E-state index in [1.54, 1.807) is 6.07 Å². The first-order chi connectivity index (χ1) is 17.9. The van der Waals surface area contributed by atoms with Gasteiger partial charge in [-0.15, -0.1) is 0 Å². The maximum atomic E-state index is 10.0. The van der Waals surface area contributed by atoms with Gasteiger partial charge in [-0.1, -0.05) is 86.6 Å². The molecule has 0 atom stereocenters. The molecular formula is C33H26BNO2. The average molecular weight is 479 g/mol. The van der Waals surface area contributed by atoms with E-state index in [2.05, 4.69) is 109 Å². The second-order valence-corrected chi connectivity index (χ2v) is 10.4. The molecule has 1 heterocycles. The number of fused-ring (bicyclic) bond motifs is 6. The maximum Gasteiger partial charge on any atom is 0.489 e. The molecule has 0 fully saturated rings. The number of aromatic nitrogens is 1. The van der Waals surface area contributed by atoms with Gasteiger partial charge in [0, 0.05) is 21.9 Å². The van der Waals surface area contributed by atoms with Crippen molar-refractivity contribution in [1.82, 2.24) is 4.57 Å². The Labute approximate surface area is 216 Å². The predicted octanol–water partition coefficient (Wildman–Crippen LogP) is 6.44. The lowest BCUT2D eigenvalue weighted by atomic mass is 9.74. The van der Waals surface area contributed by atoms with Crippen LogP contribution in [0.25, 0.3) is 49.7 Å². The quantitative estimate of drug-likeness (QED) is 0.287. The van der Waals surface area contributed by atoms with Crippen molar-refractivity contribution in [3.63, 3.8) is 0 Å². The van der Waals surface area contributed by atoms with Crippen molar-refractivity contribution in [2.45, 2.75) is 19.3 Å². The molecule has 0 radical (unpaired) electrons. The molecule has 4 heteroatoms. The van der Waals surface area contributed by atoms with E-state index in [1.807, 2.05) is 12.1 Å². The Morgan fingerprint density at radius 3 is 2.14 bits per heavy atom. The highest BCUT2D eigenvalue weighted by molar-refractivity contribution is 6.60. The van der Waals surface area contributed by atoms with Crippen molar-refractivity contribution >= 4 is 34.4 Å². The van der Waals surface area contributed by atoms with E-state index < -0.39 is 7.12 Å². The highest BCUT2D eigenvalue weighted by Crippen LogP contribution is 2.49. The first kappa shape index (κ1) is 22.1. The van der Waals surface area contributed by atoms with Gasteiger partial charge < -0.3 is 14.6 Å². The van der Waals surface area contributed by atoms with Gasteiger partial charge in [0.15, 0.2) is 0 Å². The third kappa shape index (κ3) is 3.16. The van der Waals surface area contributed by atoms with Crippen molar-refractivity contribution in [2.24, 2.45) is 0 Å².